The van der Waals surface area contributed by atoms with Gasteiger partial charge in [-0.1, -0.05) is 6.07 Å². The van der Waals surface area contributed by atoms with Gasteiger partial charge in [0, 0.05) is 11.8 Å². The van der Waals surface area contributed by atoms with Crippen molar-refractivity contribution in [3.63, 3.8) is 0 Å². The third kappa shape index (κ3) is 2.30. The highest BCUT2D eigenvalue weighted by Crippen LogP contribution is 2.19. The van der Waals surface area contributed by atoms with Crippen LogP contribution >= 0.6 is 0 Å². The Hall–Kier alpha value is -2.23. The number of rotatable bonds is 3. The number of methoxy groups -OCH3 is 1. The number of hydrogen-bond acceptors (Lipinski definition) is 3. The summed E-state index contributed by atoms with van der Waals surface area (Å²) in [5.74, 6) is -0.708. The molecule has 17 heavy (non-hydrogen) atoms. The van der Waals surface area contributed by atoms with Crippen LogP contribution in [0.25, 0.3) is 0 Å². The van der Waals surface area contributed by atoms with Gasteiger partial charge in [-0.2, -0.15) is 0 Å². The zero-order valence-corrected chi connectivity index (χ0v) is 9.18. The fourth-order valence-corrected chi connectivity index (χ4v) is 1.45. The minimum atomic E-state index is -0.495. The maximum absolute atomic E-state index is 13.2. The van der Waals surface area contributed by atoms with Crippen LogP contribution in [0.15, 0.2) is 42.6 Å². The van der Waals surface area contributed by atoms with E-state index in [1.54, 1.807) is 18.2 Å². The van der Waals surface area contributed by atoms with Crippen molar-refractivity contribution in [2.24, 2.45) is 0 Å². The molecule has 0 aliphatic rings. The second-order valence-electron chi connectivity index (χ2n) is 3.39. The second kappa shape index (κ2) is 4.74. The third-order valence-electron chi connectivity index (χ3n) is 2.31. The van der Waals surface area contributed by atoms with Crippen molar-refractivity contribution in [1.29, 1.82) is 0 Å². The zero-order valence-electron chi connectivity index (χ0n) is 9.18. The van der Waals surface area contributed by atoms with E-state index in [2.05, 4.69) is 4.98 Å². The Morgan fingerprint density at radius 2 is 2.12 bits per heavy atom. The van der Waals surface area contributed by atoms with Gasteiger partial charge >= 0.3 is 0 Å². The van der Waals surface area contributed by atoms with Crippen LogP contribution in [0.5, 0.6) is 5.75 Å². The molecule has 0 saturated carbocycles. The molecular weight excluding hydrogens is 221 g/mol. The Kier molecular flexibility index (Phi) is 3.14. The summed E-state index contributed by atoms with van der Waals surface area (Å²) in [6.45, 7) is 0. The summed E-state index contributed by atoms with van der Waals surface area (Å²) in [5, 5.41) is 0. The van der Waals surface area contributed by atoms with Crippen LogP contribution < -0.4 is 4.74 Å². The molecule has 0 saturated heterocycles. The summed E-state index contributed by atoms with van der Waals surface area (Å²) in [4.78, 5) is 15.9. The van der Waals surface area contributed by atoms with Gasteiger partial charge in [-0.25, -0.2) is 4.39 Å². The van der Waals surface area contributed by atoms with E-state index in [9.17, 15) is 9.18 Å². The highest BCUT2D eigenvalue weighted by Gasteiger charge is 2.12. The summed E-state index contributed by atoms with van der Waals surface area (Å²) in [7, 11) is 1.35. The number of aromatic nitrogens is 1. The molecule has 0 aliphatic carbocycles. The molecule has 0 amide bonds. The van der Waals surface area contributed by atoms with Crippen LogP contribution in [0, 0.1) is 5.82 Å². The van der Waals surface area contributed by atoms with E-state index >= 15 is 0 Å². The molecule has 0 N–H and O–H groups in total. The SMILES string of the molecule is COc1cc(C(=O)c2ccccn2)ccc1F. The number of ether oxygens (including phenoxy) is 1. The molecule has 1 aromatic carbocycles. The number of carbonyl (C=O) groups is 1. The van der Waals surface area contributed by atoms with Crippen LogP contribution in [0.2, 0.25) is 0 Å². The number of ketones is 1. The van der Waals surface area contributed by atoms with Crippen molar-refractivity contribution in [2.75, 3.05) is 7.11 Å². The van der Waals surface area contributed by atoms with Crippen LogP contribution in [0.1, 0.15) is 16.1 Å². The van der Waals surface area contributed by atoms with Crippen molar-refractivity contribution in [1.82, 2.24) is 4.98 Å². The lowest BCUT2D eigenvalue weighted by atomic mass is 10.1. The molecule has 2 rings (SSSR count). The van der Waals surface area contributed by atoms with E-state index in [-0.39, 0.29) is 11.5 Å². The first-order valence-electron chi connectivity index (χ1n) is 5.01. The molecule has 0 atom stereocenters. The van der Waals surface area contributed by atoms with E-state index in [4.69, 9.17) is 4.74 Å². The average molecular weight is 231 g/mol. The van der Waals surface area contributed by atoms with Gasteiger partial charge in [0.2, 0.25) is 5.78 Å². The van der Waals surface area contributed by atoms with Gasteiger partial charge in [-0.05, 0) is 30.3 Å². The summed E-state index contributed by atoms with van der Waals surface area (Å²) >= 11 is 0. The van der Waals surface area contributed by atoms with Crippen molar-refractivity contribution in [2.45, 2.75) is 0 Å². The molecule has 0 spiro atoms. The fraction of sp³-hybridized carbons (Fsp3) is 0.0769. The number of halogens is 1. The van der Waals surface area contributed by atoms with E-state index in [0.29, 0.717) is 11.3 Å². The lowest BCUT2D eigenvalue weighted by Crippen LogP contribution is -2.04. The molecular formula is C13H10FNO2. The van der Waals surface area contributed by atoms with Gasteiger partial charge in [-0.3, -0.25) is 9.78 Å². The van der Waals surface area contributed by atoms with E-state index in [0.717, 1.165) is 0 Å². The van der Waals surface area contributed by atoms with Crippen LogP contribution in [-0.2, 0) is 0 Å². The smallest absolute Gasteiger partial charge is 0.211 e. The minimum absolute atomic E-state index is 0.0479. The lowest BCUT2D eigenvalue weighted by Gasteiger charge is -2.04. The summed E-state index contributed by atoms with van der Waals surface area (Å²) in [6, 6.07) is 9.04. The quantitative estimate of drug-likeness (QED) is 0.762. The molecule has 0 radical (unpaired) electrons. The number of nitrogens with zero attached hydrogens (tertiary/aromatic N) is 1. The Labute approximate surface area is 97.9 Å². The molecule has 1 aromatic heterocycles. The predicted octanol–water partition coefficient (Wildman–Crippen LogP) is 2.46. The van der Waals surface area contributed by atoms with Crippen molar-refractivity contribution < 1.29 is 13.9 Å². The summed E-state index contributed by atoms with van der Waals surface area (Å²) in [5.41, 5.74) is 0.670. The highest BCUT2D eigenvalue weighted by molar-refractivity contribution is 6.07. The molecule has 86 valence electrons. The Morgan fingerprint density at radius 1 is 1.29 bits per heavy atom. The van der Waals surface area contributed by atoms with Gasteiger partial charge in [0.25, 0.3) is 0 Å². The molecule has 0 bridgehead atoms. The molecule has 0 fully saturated rings. The van der Waals surface area contributed by atoms with Gasteiger partial charge in [0.1, 0.15) is 5.69 Å². The number of carbonyl (C=O) groups excluding carboxylic acids is 1. The topological polar surface area (TPSA) is 39.2 Å². The van der Waals surface area contributed by atoms with Gasteiger partial charge in [-0.15, -0.1) is 0 Å². The average Bonchev–Trinajstić information content (AvgIpc) is 2.39. The van der Waals surface area contributed by atoms with Crippen molar-refractivity contribution in [3.05, 3.63) is 59.7 Å². The number of hydrogen-bond donors (Lipinski definition) is 0. The summed E-state index contributed by atoms with van der Waals surface area (Å²) in [6.07, 6.45) is 1.54. The molecule has 0 unspecified atom stereocenters. The monoisotopic (exact) mass is 231 g/mol. The van der Waals surface area contributed by atoms with Crippen LogP contribution in [-0.4, -0.2) is 17.9 Å². The molecule has 2 aromatic rings. The maximum Gasteiger partial charge on any atom is 0.211 e. The van der Waals surface area contributed by atoms with Crippen LogP contribution in [0.4, 0.5) is 4.39 Å². The van der Waals surface area contributed by atoms with Crippen molar-refractivity contribution in [3.8, 4) is 5.75 Å². The highest BCUT2D eigenvalue weighted by atomic mass is 19.1. The fourth-order valence-electron chi connectivity index (χ4n) is 1.45. The van der Waals surface area contributed by atoms with E-state index < -0.39 is 5.82 Å². The third-order valence-corrected chi connectivity index (χ3v) is 2.31. The lowest BCUT2D eigenvalue weighted by molar-refractivity contribution is 0.103. The minimum Gasteiger partial charge on any atom is -0.494 e. The molecule has 1 heterocycles. The predicted molar refractivity (Wildman–Crippen MR) is 60.6 cm³/mol. The van der Waals surface area contributed by atoms with E-state index in [1.165, 1.54) is 31.5 Å². The number of pyridine rings is 1. The molecule has 3 nitrogen and oxygen atoms in total. The van der Waals surface area contributed by atoms with Gasteiger partial charge in [0.15, 0.2) is 11.6 Å². The largest absolute Gasteiger partial charge is 0.494 e. The first kappa shape index (κ1) is 11.3. The molecule has 4 heteroatoms. The Bertz CT molecular complexity index is 540. The summed E-state index contributed by atoms with van der Waals surface area (Å²) < 4.78 is 18.0. The van der Waals surface area contributed by atoms with Gasteiger partial charge < -0.3 is 4.74 Å². The first-order valence-corrected chi connectivity index (χ1v) is 5.01. The standard InChI is InChI=1S/C13H10FNO2/c1-17-12-8-9(5-6-10(12)14)13(16)11-4-2-3-7-15-11/h2-8H,1H3. The Balaban J connectivity index is 2.38. The van der Waals surface area contributed by atoms with Crippen molar-refractivity contribution >= 4 is 5.78 Å². The van der Waals surface area contributed by atoms with Crippen LogP contribution in [0.3, 0.4) is 0 Å². The Morgan fingerprint density at radius 3 is 2.76 bits per heavy atom. The second-order valence-corrected chi connectivity index (χ2v) is 3.39. The number of benzene rings is 1. The first-order chi connectivity index (χ1) is 8.22. The van der Waals surface area contributed by atoms with Gasteiger partial charge in [0.05, 0.1) is 7.11 Å². The zero-order chi connectivity index (χ0) is 12.3. The maximum atomic E-state index is 13.2. The van der Waals surface area contributed by atoms with E-state index in [1.807, 2.05) is 0 Å². The molecule has 0 aliphatic heterocycles. The normalized spacial score (nSPS) is 10.0.